The van der Waals surface area contributed by atoms with Crippen LogP contribution in [0.4, 0.5) is 22.7 Å². The van der Waals surface area contributed by atoms with Crippen molar-refractivity contribution in [1.82, 2.24) is 4.90 Å². The Morgan fingerprint density at radius 3 is 2.24 bits per heavy atom. The maximum atomic E-state index is 12.3. The van der Waals surface area contributed by atoms with Gasteiger partial charge in [-0.3, -0.25) is 29.9 Å². The molecule has 2 aromatic carbocycles. The number of hydrogen-bond donors (Lipinski definition) is 1. The van der Waals surface area contributed by atoms with Crippen molar-refractivity contribution in [2.24, 2.45) is 0 Å². The highest BCUT2D eigenvalue weighted by Gasteiger charge is 2.20. The van der Waals surface area contributed by atoms with Gasteiger partial charge in [0.05, 0.1) is 16.4 Å². The molecule has 1 aliphatic rings. The van der Waals surface area contributed by atoms with Crippen LogP contribution >= 0.6 is 11.6 Å². The number of nitro benzene ring substituents is 2. The van der Waals surface area contributed by atoms with Gasteiger partial charge in [0.1, 0.15) is 5.02 Å². The van der Waals surface area contributed by atoms with Crippen LogP contribution < -0.4 is 10.2 Å². The topological polar surface area (TPSA) is 122 Å². The van der Waals surface area contributed by atoms with Gasteiger partial charge in [-0.2, -0.15) is 0 Å². The highest BCUT2D eigenvalue weighted by atomic mass is 35.5. The first-order chi connectivity index (χ1) is 13.8. The van der Waals surface area contributed by atoms with Crippen LogP contribution in [0.5, 0.6) is 0 Å². The summed E-state index contributed by atoms with van der Waals surface area (Å²) in [5.41, 5.74) is 0.997. The Kier molecular flexibility index (Phi) is 6.25. The van der Waals surface area contributed by atoms with E-state index in [1.807, 2.05) is 4.90 Å². The van der Waals surface area contributed by atoms with E-state index in [4.69, 9.17) is 11.6 Å². The Bertz CT molecular complexity index is 929. The molecule has 0 bridgehead atoms. The first-order valence-electron chi connectivity index (χ1n) is 8.79. The molecule has 0 radical (unpaired) electrons. The Balaban J connectivity index is 1.51. The van der Waals surface area contributed by atoms with E-state index in [2.05, 4.69) is 10.2 Å². The molecule has 0 aromatic heterocycles. The van der Waals surface area contributed by atoms with Gasteiger partial charge in [-0.05, 0) is 24.3 Å². The number of carbonyl (C=O) groups excluding carboxylic acids is 1. The number of anilines is 2. The van der Waals surface area contributed by atoms with Crippen LogP contribution in [-0.4, -0.2) is 53.4 Å². The summed E-state index contributed by atoms with van der Waals surface area (Å²) in [6, 6.07) is 10.5. The van der Waals surface area contributed by atoms with Crippen molar-refractivity contribution in [1.29, 1.82) is 0 Å². The molecule has 1 aliphatic heterocycles. The summed E-state index contributed by atoms with van der Waals surface area (Å²) >= 11 is 5.77. The number of rotatable bonds is 6. The normalized spacial score (nSPS) is 14.4. The van der Waals surface area contributed by atoms with E-state index in [1.165, 1.54) is 30.3 Å². The third kappa shape index (κ3) is 5.18. The smallest absolute Gasteiger partial charge is 0.289 e. The Morgan fingerprint density at radius 2 is 1.66 bits per heavy atom. The van der Waals surface area contributed by atoms with Crippen LogP contribution in [-0.2, 0) is 4.79 Å². The van der Waals surface area contributed by atoms with Crippen LogP contribution in [0.25, 0.3) is 0 Å². The molecule has 2 aromatic rings. The third-order valence-corrected chi connectivity index (χ3v) is 4.91. The molecule has 0 unspecified atom stereocenters. The number of nitrogens with one attached hydrogen (secondary N) is 1. The standard InChI is InChI=1S/C18H18ClN5O5/c19-16-6-1-13(11-17(16)24(28)29)20-18(25)12-21-7-9-22(10-8-21)14-2-4-15(5-3-14)23(26)27/h1-6,11H,7-10,12H2,(H,20,25). The van der Waals surface area contributed by atoms with E-state index >= 15 is 0 Å². The summed E-state index contributed by atoms with van der Waals surface area (Å²) in [5.74, 6) is -0.273. The molecule has 29 heavy (non-hydrogen) atoms. The van der Waals surface area contributed by atoms with Gasteiger partial charge in [0.25, 0.3) is 11.4 Å². The van der Waals surface area contributed by atoms with Gasteiger partial charge < -0.3 is 10.2 Å². The maximum absolute atomic E-state index is 12.3. The van der Waals surface area contributed by atoms with Gasteiger partial charge in [-0.1, -0.05) is 11.6 Å². The van der Waals surface area contributed by atoms with Gasteiger partial charge in [0, 0.05) is 55.8 Å². The van der Waals surface area contributed by atoms with Gasteiger partial charge in [-0.15, -0.1) is 0 Å². The van der Waals surface area contributed by atoms with Crippen LogP contribution in [0, 0.1) is 20.2 Å². The lowest BCUT2D eigenvalue weighted by Crippen LogP contribution is -2.48. The molecule has 11 heteroatoms. The quantitative estimate of drug-likeness (QED) is 0.564. The molecule has 1 N–H and O–H groups in total. The summed E-state index contributed by atoms with van der Waals surface area (Å²) in [5, 5.41) is 24.3. The molecule has 152 valence electrons. The number of nitro groups is 2. The molecule has 0 aliphatic carbocycles. The molecule has 1 fully saturated rings. The van der Waals surface area contributed by atoms with Gasteiger partial charge in [-0.25, -0.2) is 0 Å². The summed E-state index contributed by atoms with van der Waals surface area (Å²) in [4.78, 5) is 37.0. The zero-order valence-electron chi connectivity index (χ0n) is 15.3. The summed E-state index contributed by atoms with van der Waals surface area (Å²) in [6.07, 6.45) is 0. The lowest BCUT2D eigenvalue weighted by atomic mass is 10.2. The third-order valence-electron chi connectivity index (χ3n) is 4.59. The van der Waals surface area contributed by atoms with Crippen LogP contribution in [0.3, 0.4) is 0 Å². The van der Waals surface area contributed by atoms with Gasteiger partial charge in [0.2, 0.25) is 5.91 Å². The molecule has 1 saturated heterocycles. The van der Waals surface area contributed by atoms with Crippen molar-refractivity contribution in [2.45, 2.75) is 0 Å². The number of hydrogen-bond acceptors (Lipinski definition) is 7. The molecular formula is C18H18ClN5O5. The molecule has 1 amide bonds. The number of amides is 1. The number of piperazine rings is 1. The fourth-order valence-electron chi connectivity index (χ4n) is 3.08. The average molecular weight is 420 g/mol. The van der Waals surface area contributed by atoms with Gasteiger partial charge >= 0.3 is 0 Å². The highest BCUT2D eigenvalue weighted by molar-refractivity contribution is 6.32. The lowest BCUT2D eigenvalue weighted by Gasteiger charge is -2.35. The largest absolute Gasteiger partial charge is 0.369 e. The zero-order valence-corrected chi connectivity index (χ0v) is 16.0. The molecule has 10 nitrogen and oxygen atoms in total. The van der Waals surface area contributed by atoms with Gasteiger partial charge in [0.15, 0.2) is 0 Å². The highest BCUT2D eigenvalue weighted by Crippen LogP contribution is 2.27. The van der Waals surface area contributed by atoms with E-state index in [1.54, 1.807) is 12.1 Å². The van der Waals surface area contributed by atoms with E-state index in [0.717, 1.165) is 5.69 Å². The maximum Gasteiger partial charge on any atom is 0.289 e. The van der Waals surface area contributed by atoms with Crippen LogP contribution in [0.1, 0.15) is 0 Å². The Labute approximate surface area is 171 Å². The Morgan fingerprint density at radius 1 is 1.00 bits per heavy atom. The van der Waals surface area contributed by atoms with E-state index < -0.39 is 9.85 Å². The van der Waals surface area contributed by atoms with Crippen molar-refractivity contribution in [2.75, 3.05) is 42.9 Å². The predicted octanol–water partition coefficient (Wildman–Crippen LogP) is 2.92. The second-order valence-electron chi connectivity index (χ2n) is 6.51. The first kappa shape index (κ1) is 20.5. The fourth-order valence-corrected chi connectivity index (χ4v) is 3.27. The molecular weight excluding hydrogens is 402 g/mol. The summed E-state index contributed by atoms with van der Waals surface area (Å²) in [6.45, 7) is 2.80. The van der Waals surface area contributed by atoms with Crippen molar-refractivity contribution in [3.8, 4) is 0 Å². The van der Waals surface area contributed by atoms with Crippen molar-refractivity contribution in [3.63, 3.8) is 0 Å². The zero-order chi connectivity index (χ0) is 21.0. The van der Waals surface area contributed by atoms with Crippen molar-refractivity contribution in [3.05, 3.63) is 67.7 Å². The van der Waals surface area contributed by atoms with Crippen LogP contribution in [0.15, 0.2) is 42.5 Å². The number of halogens is 1. The second-order valence-corrected chi connectivity index (χ2v) is 6.92. The van der Waals surface area contributed by atoms with Crippen LogP contribution in [0.2, 0.25) is 5.02 Å². The summed E-state index contributed by atoms with van der Waals surface area (Å²) < 4.78 is 0. The van der Waals surface area contributed by atoms with E-state index in [0.29, 0.717) is 31.9 Å². The lowest BCUT2D eigenvalue weighted by molar-refractivity contribution is -0.384. The molecule has 1 heterocycles. The molecule has 0 spiro atoms. The number of benzene rings is 2. The average Bonchev–Trinajstić information content (AvgIpc) is 2.70. The molecule has 3 rings (SSSR count). The summed E-state index contributed by atoms with van der Waals surface area (Å²) in [7, 11) is 0. The number of non-ortho nitro benzene ring substituents is 1. The number of nitrogens with zero attached hydrogens (tertiary/aromatic N) is 4. The first-order valence-corrected chi connectivity index (χ1v) is 9.17. The van der Waals surface area contributed by atoms with E-state index in [-0.39, 0.29) is 28.8 Å². The molecule has 0 saturated carbocycles. The predicted molar refractivity (Wildman–Crippen MR) is 108 cm³/mol. The minimum absolute atomic E-state index is 0.00960. The number of carbonyl (C=O) groups is 1. The van der Waals surface area contributed by atoms with Crippen molar-refractivity contribution >= 4 is 40.3 Å². The fraction of sp³-hybridized carbons (Fsp3) is 0.278. The second kappa shape index (κ2) is 8.84. The SMILES string of the molecule is O=C(CN1CCN(c2ccc([N+](=O)[O-])cc2)CC1)Nc1ccc(Cl)c([N+](=O)[O-])c1. The molecule has 0 atom stereocenters. The monoisotopic (exact) mass is 419 g/mol. The minimum Gasteiger partial charge on any atom is -0.369 e. The van der Waals surface area contributed by atoms with E-state index in [9.17, 15) is 25.0 Å². The Hall–Kier alpha value is -3.24. The van der Waals surface area contributed by atoms with Crippen molar-refractivity contribution < 1.29 is 14.6 Å². The minimum atomic E-state index is -0.602.